The Morgan fingerprint density at radius 2 is 1.47 bits per heavy atom. The Morgan fingerprint density at radius 1 is 0.824 bits per heavy atom. The zero-order valence-corrected chi connectivity index (χ0v) is 9.75. The predicted molar refractivity (Wildman–Crippen MR) is 64.9 cm³/mol. The van der Waals surface area contributed by atoms with Crippen molar-refractivity contribution in [1.29, 1.82) is 0 Å². The molecule has 0 aliphatic heterocycles. The van der Waals surface area contributed by atoms with E-state index in [1.807, 2.05) is 6.07 Å². The molecule has 0 saturated heterocycles. The Morgan fingerprint density at radius 3 is 2.18 bits per heavy atom. The van der Waals surface area contributed by atoms with Crippen molar-refractivity contribution in [2.75, 3.05) is 0 Å². The first kappa shape index (κ1) is 11.7. The lowest BCUT2D eigenvalue weighted by Crippen LogP contribution is -1.94. The molecule has 0 radical (unpaired) electrons. The highest BCUT2D eigenvalue weighted by molar-refractivity contribution is 7.41. The molecular weight excluding hydrogens is 239 g/mol. The van der Waals surface area contributed by atoms with Crippen LogP contribution in [-0.4, -0.2) is 10.00 Å². The Labute approximate surface area is 100 Å². The molecule has 5 heteroatoms. The van der Waals surface area contributed by atoms with Crippen LogP contribution in [0.5, 0.6) is 17.2 Å². The topological polar surface area (TPSA) is 58.9 Å². The summed E-state index contributed by atoms with van der Waals surface area (Å²) in [6, 6.07) is 15.2. The monoisotopic (exact) mass is 250 g/mol. The summed E-state index contributed by atoms with van der Waals surface area (Å²) in [5.74, 6) is 0.666. The fourth-order valence-electron chi connectivity index (χ4n) is 1.21. The summed E-state index contributed by atoms with van der Waals surface area (Å²) in [5.41, 5.74) is 0. The third-order valence-corrected chi connectivity index (χ3v) is 2.69. The lowest BCUT2D eigenvalue weighted by atomic mass is 10.3. The molecule has 0 heterocycles. The second-order valence-corrected chi connectivity index (χ2v) is 4.04. The van der Waals surface area contributed by atoms with E-state index < -0.39 is 8.60 Å². The van der Waals surface area contributed by atoms with E-state index in [9.17, 15) is 10.00 Å². The van der Waals surface area contributed by atoms with Crippen molar-refractivity contribution in [2.45, 2.75) is 0 Å². The van der Waals surface area contributed by atoms with E-state index in [0.717, 1.165) is 0 Å². The van der Waals surface area contributed by atoms with Gasteiger partial charge in [0.2, 0.25) is 0 Å². The molecule has 0 amide bonds. The standard InChI is InChI=1S/C12H11O4P/c13-11-8-4-5-9-12(11)16-17(14)15-10-6-2-1-3-7-10/h1-9,13-14H. The zero-order valence-electron chi connectivity index (χ0n) is 8.85. The highest BCUT2D eigenvalue weighted by Crippen LogP contribution is 2.39. The van der Waals surface area contributed by atoms with Crippen LogP contribution in [0, 0.1) is 0 Å². The number of benzene rings is 2. The summed E-state index contributed by atoms with van der Waals surface area (Å²) < 4.78 is 10.3. The van der Waals surface area contributed by atoms with Gasteiger partial charge in [-0.3, -0.25) is 0 Å². The van der Waals surface area contributed by atoms with Crippen molar-refractivity contribution in [3.8, 4) is 17.2 Å². The van der Waals surface area contributed by atoms with Crippen LogP contribution in [0.15, 0.2) is 54.6 Å². The van der Waals surface area contributed by atoms with Gasteiger partial charge < -0.3 is 19.0 Å². The van der Waals surface area contributed by atoms with Crippen LogP contribution in [0.2, 0.25) is 0 Å². The van der Waals surface area contributed by atoms with Crippen LogP contribution in [-0.2, 0) is 0 Å². The molecule has 0 fully saturated rings. The lowest BCUT2D eigenvalue weighted by Gasteiger charge is -2.12. The van der Waals surface area contributed by atoms with E-state index in [-0.39, 0.29) is 11.5 Å². The molecule has 1 unspecified atom stereocenters. The molecule has 0 aliphatic carbocycles. The molecule has 88 valence electrons. The van der Waals surface area contributed by atoms with Crippen molar-refractivity contribution in [1.82, 2.24) is 0 Å². The largest absolute Gasteiger partial charge is 0.504 e. The molecule has 0 bridgehead atoms. The number of rotatable bonds is 4. The maximum Gasteiger partial charge on any atom is 0.460 e. The summed E-state index contributed by atoms with van der Waals surface area (Å²) >= 11 is 0. The summed E-state index contributed by atoms with van der Waals surface area (Å²) in [5, 5.41) is 9.44. The first-order chi connectivity index (χ1) is 8.25. The number of aromatic hydroxyl groups is 1. The highest BCUT2D eigenvalue weighted by Gasteiger charge is 2.13. The van der Waals surface area contributed by atoms with Crippen LogP contribution >= 0.6 is 8.60 Å². The first-order valence-corrected chi connectivity index (χ1v) is 6.07. The number of phenolic OH excluding ortho intramolecular Hbond substituents is 1. The Hall–Kier alpha value is -1.77. The molecule has 4 nitrogen and oxygen atoms in total. The minimum absolute atomic E-state index is 0.0364. The molecule has 2 N–H and O–H groups in total. The van der Waals surface area contributed by atoms with Crippen LogP contribution < -0.4 is 9.05 Å². The molecule has 0 spiro atoms. The van der Waals surface area contributed by atoms with Gasteiger partial charge in [0.25, 0.3) is 0 Å². The van der Waals surface area contributed by atoms with Gasteiger partial charge in [-0.2, -0.15) is 0 Å². The van der Waals surface area contributed by atoms with Crippen molar-refractivity contribution in [3.63, 3.8) is 0 Å². The van der Waals surface area contributed by atoms with Gasteiger partial charge >= 0.3 is 8.60 Å². The smallest absolute Gasteiger partial charge is 0.460 e. The Balaban J connectivity index is 1.98. The van der Waals surface area contributed by atoms with Gasteiger partial charge in [-0.1, -0.05) is 30.3 Å². The van der Waals surface area contributed by atoms with E-state index >= 15 is 0 Å². The molecule has 0 aromatic heterocycles. The second kappa shape index (κ2) is 5.53. The van der Waals surface area contributed by atoms with Gasteiger partial charge in [0.1, 0.15) is 5.75 Å². The van der Waals surface area contributed by atoms with E-state index in [1.54, 1.807) is 42.5 Å². The summed E-state index contributed by atoms with van der Waals surface area (Å²) in [6.07, 6.45) is 0. The fraction of sp³-hybridized carbons (Fsp3) is 0. The highest BCUT2D eigenvalue weighted by atomic mass is 31.2. The number of phenols is 1. The summed E-state index contributed by atoms with van der Waals surface area (Å²) in [4.78, 5) is 9.59. The van der Waals surface area contributed by atoms with Gasteiger partial charge in [0.05, 0.1) is 0 Å². The molecule has 0 saturated carbocycles. The first-order valence-electron chi connectivity index (χ1n) is 4.94. The van der Waals surface area contributed by atoms with Gasteiger partial charge in [0.15, 0.2) is 11.5 Å². The Bertz CT molecular complexity index is 475. The lowest BCUT2D eigenvalue weighted by molar-refractivity contribution is 0.366. The van der Waals surface area contributed by atoms with E-state index in [4.69, 9.17) is 9.05 Å². The van der Waals surface area contributed by atoms with E-state index in [1.165, 1.54) is 6.07 Å². The predicted octanol–water partition coefficient (Wildman–Crippen LogP) is 3.07. The molecule has 17 heavy (non-hydrogen) atoms. The molecule has 2 aromatic rings. The molecule has 1 atom stereocenters. The molecular formula is C12H11O4P. The van der Waals surface area contributed by atoms with Crippen molar-refractivity contribution < 1.29 is 19.0 Å². The zero-order chi connectivity index (χ0) is 12.1. The minimum atomic E-state index is -2.11. The average Bonchev–Trinajstić information content (AvgIpc) is 2.33. The van der Waals surface area contributed by atoms with Gasteiger partial charge in [-0.15, -0.1) is 0 Å². The quantitative estimate of drug-likeness (QED) is 0.819. The van der Waals surface area contributed by atoms with Crippen LogP contribution in [0.1, 0.15) is 0 Å². The van der Waals surface area contributed by atoms with E-state index in [0.29, 0.717) is 5.75 Å². The Kier molecular flexibility index (Phi) is 3.81. The van der Waals surface area contributed by atoms with Gasteiger partial charge in [-0.25, -0.2) is 0 Å². The normalized spacial score (nSPS) is 11.8. The SMILES string of the molecule is Oc1ccccc1OP(O)Oc1ccccc1. The molecule has 2 aromatic carbocycles. The van der Waals surface area contributed by atoms with Gasteiger partial charge in [-0.05, 0) is 24.3 Å². The van der Waals surface area contributed by atoms with Gasteiger partial charge in [0, 0.05) is 0 Å². The minimum Gasteiger partial charge on any atom is -0.504 e. The number of hydrogen-bond donors (Lipinski definition) is 2. The number of hydrogen-bond acceptors (Lipinski definition) is 4. The summed E-state index contributed by atoms with van der Waals surface area (Å²) in [7, 11) is -2.11. The van der Waals surface area contributed by atoms with Crippen LogP contribution in [0.3, 0.4) is 0 Å². The number of para-hydroxylation sites is 3. The van der Waals surface area contributed by atoms with Crippen LogP contribution in [0.4, 0.5) is 0 Å². The fourth-order valence-corrected chi connectivity index (χ4v) is 1.87. The third kappa shape index (κ3) is 3.34. The van der Waals surface area contributed by atoms with Crippen molar-refractivity contribution >= 4 is 8.60 Å². The average molecular weight is 250 g/mol. The molecule has 2 rings (SSSR count). The maximum absolute atomic E-state index is 9.59. The third-order valence-electron chi connectivity index (χ3n) is 1.97. The van der Waals surface area contributed by atoms with Crippen molar-refractivity contribution in [2.24, 2.45) is 0 Å². The second-order valence-electron chi connectivity index (χ2n) is 3.20. The van der Waals surface area contributed by atoms with E-state index in [2.05, 4.69) is 0 Å². The molecule has 0 aliphatic rings. The van der Waals surface area contributed by atoms with Crippen molar-refractivity contribution in [3.05, 3.63) is 54.6 Å². The van der Waals surface area contributed by atoms with Crippen LogP contribution in [0.25, 0.3) is 0 Å². The summed E-state index contributed by atoms with van der Waals surface area (Å²) in [6.45, 7) is 0. The maximum atomic E-state index is 9.59.